The van der Waals surface area contributed by atoms with E-state index in [1.165, 1.54) is 39.9 Å². The predicted molar refractivity (Wildman–Crippen MR) is 217 cm³/mol. The van der Waals surface area contributed by atoms with Crippen LogP contribution in [0.15, 0.2) is 188 Å². The van der Waals surface area contributed by atoms with Crippen LogP contribution in [-0.4, -0.2) is 4.92 Å². The molecule has 4 nitrogen and oxygen atoms in total. The van der Waals surface area contributed by atoms with Crippen LogP contribution < -0.4 is 5.73 Å². The van der Waals surface area contributed by atoms with Gasteiger partial charge in [0.15, 0.2) is 0 Å². The summed E-state index contributed by atoms with van der Waals surface area (Å²) < 4.78 is 15.6. The maximum Gasteiger partial charge on any atom is 0.305 e. The molecule has 0 atom stereocenters. The number of hydrogen-bond acceptors (Lipinski definition) is 3. The minimum absolute atomic E-state index is 0.163. The zero-order valence-electron chi connectivity index (χ0n) is 29.1. The first-order valence-corrected chi connectivity index (χ1v) is 17.8. The number of anilines is 1. The van der Waals surface area contributed by atoms with Crippen molar-refractivity contribution in [1.29, 1.82) is 0 Å². The van der Waals surface area contributed by atoms with E-state index in [9.17, 15) is 10.1 Å². The van der Waals surface area contributed by atoms with E-state index in [4.69, 9.17) is 5.73 Å². The molecule has 0 spiro atoms. The Balaban J connectivity index is 1.21. The van der Waals surface area contributed by atoms with Crippen molar-refractivity contribution in [3.63, 3.8) is 0 Å². The Bertz CT molecular complexity index is 2690. The first-order chi connectivity index (χ1) is 26.5. The number of nitrogens with two attached hydrogens (primary N) is 1. The molecule has 54 heavy (non-hydrogen) atoms. The molecule has 1 aliphatic carbocycles. The summed E-state index contributed by atoms with van der Waals surface area (Å²) in [6.07, 6.45) is 0. The molecule has 9 rings (SSSR count). The number of nitro groups is 1. The van der Waals surface area contributed by atoms with Crippen molar-refractivity contribution in [2.45, 2.75) is 5.41 Å². The molecule has 0 radical (unpaired) electrons. The zero-order chi connectivity index (χ0) is 36.8. The molecule has 0 heterocycles. The smallest absolute Gasteiger partial charge is 0.305 e. The van der Waals surface area contributed by atoms with Crippen molar-refractivity contribution in [2.24, 2.45) is 0 Å². The number of halogens is 1. The largest absolute Gasteiger partial charge is 0.398 e. The van der Waals surface area contributed by atoms with E-state index >= 15 is 4.39 Å². The molecule has 8 aromatic rings. The third-order valence-electron chi connectivity index (χ3n) is 10.8. The average molecular weight is 701 g/mol. The molecule has 0 saturated heterocycles. The number of para-hydroxylation sites is 1. The van der Waals surface area contributed by atoms with Gasteiger partial charge < -0.3 is 5.73 Å². The quantitative estimate of drug-likeness (QED) is 0.102. The van der Waals surface area contributed by atoms with Crippen LogP contribution in [0.4, 0.5) is 15.8 Å². The number of hydrogen-bond donors (Lipinski definition) is 1. The highest BCUT2D eigenvalue weighted by Gasteiger charge is 2.45. The van der Waals surface area contributed by atoms with Crippen molar-refractivity contribution in [1.82, 2.24) is 0 Å². The highest BCUT2D eigenvalue weighted by Crippen LogP contribution is 2.56. The van der Waals surface area contributed by atoms with Crippen LogP contribution in [0.3, 0.4) is 0 Å². The fourth-order valence-electron chi connectivity index (χ4n) is 8.46. The lowest BCUT2D eigenvalue weighted by Crippen LogP contribution is -2.28. The van der Waals surface area contributed by atoms with E-state index in [0.29, 0.717) is 11.3 Å². The molecular formula is C49H33FN2O2. The summed E-state index contributed by atoms with van der Waals surface area (Å²) >= 11 is 0. The molecular weight excluding hydrogens is 668 g/mol. The Morgan fingerprint density at radius 1 is 0.444 bits per heavy atom. The van der Waals surface area contributed by atoms with E-state index in [2.05, 4.69) is 109 Å². The number of nitrogen functional groups attached to an aromatic ring is 1. The maximum absolute atomic E-state index is 15.6. The number of fused-ring (bicyclic) bond motifs is 3. The van der Waals surface area contributed by atoms with Gasteiger partial charge in [-0.1, -0.05) is 176 Å². The van der Waals surface area contributed by atoms with Crippen LogP contribution in [0.1, 0.15) is 22.3 Å². The fraction of sp³-hybridized carbons (Fsp3) is 0.0204. The molecule has 0 unspecified atom stereocenters. The van der Waals surface area contributed by atoms with Crippen LogP contribution >= 0.6 is 0 Å². The summed E-state index contributed by atoms with van der Waals surface area (Å²) in [7, 11) is 0. The van der Waals surface area contributed by atoms with Crippen LogP contribution in [0.25, 0.3) is 55.6 Å². The molecule has 0 saturated carbocycles. The van der Waals surface area contributed by atoms with Crippen molar-refractivity contribution in [3.05, 3.63) is 226 Å². The van der Waals surface area contributed by atoms with E-state index in [-0.39, 0.29) is 5.56 Å². The van der Waals surface area contributed by atoms with Crippen LogP contribution in [0.5, 0.6) is 0 Å². The molecule has 0 bridgehead atoms. The second-order valence-corrected chi connectivity index (χ2v) is 13.5. The van der Waals surface area contributed by atoms with Crippen molar-refractivity contribution in [2.75, 3.05) is 5.73 Å². The molecule has 8 aromatic carbocycles. The van der Waals surface area contributed by atoms with E-state index in [0.717, 1.165) is 38.9 Å². The summed E-state index contributed by atoms with van der Waals surface area (Å²) in [6, 6.07) is 62.4. The SMILES string of the molecule is Nc1c(-c2cccc(C3(c4ccccc4)c4ccccc4-c4ccccc43)c2)cccc1-c1ccccc1-c1ccccc1-c1cccc([N+](=O)[O-])c1F. The summed E-state index contributed by atoms with van der Waals surface area (Å²) in [4.78, 5) is 10.9. The molecule has 0 amide bonds. The third kappa shape index (κ3) is 5.05. The molecule has 2 N–H and O–H groups in total. The van der Waals surface area contributed by atoms with Crippen molar-refractivity contribution < 1.29 is 9.31 Å². The van der Waals surface area contributed by atoms with E-state index < -0.39 is 21.8 Å². The maximum atomic E-state index is 15.6. The molecule has 0 aliphatic heterocycles. The van der Waals surface area contributed by atoms with E-state index in [1.807, 2.05) is 54.6 Å². The molecule has 5 heteroatoms. The average Bonchev–Trinajstić information content (AvgIpc) is 3.52. The van der Waals surface area contributed by atoms with Gasteiger partial charge in [0.05, 0.1) is 10.3 Å². The highest BCUT2D eigenvalue weighted by atomic mass is 19.1. The Kier molecular flexibility index (Phi) is 7.98. The lowest BCUT2D eigenvalue weighted by Gasteiger charge is -2.34. The third-order valence-corrected chi connectivity index (χ3v) is 10.8. The van der Waals surface area contributed by atoms with Crippen LogP contribution in [0, 0.1) is 15.9 Å². The standard InChI is InChI=1S/C49H33FN2O2/c50-47-42(26-14-30-46(47)52(53)54)38-21-6-4-19-36(38)37-20-5-7-22-39(37)43-27-13-25-35(48(43)51)32-15-12-18-34(31-32)49(33-16-2-1-3-17-33)44-28-10-8-23-40(44)41-24-9-11-29-45(41)49/h1-31H,51H2. The topological polar surface area (TPSA) is 69.2 Å². The second kappa shape index (κ2) is 13.1. The van der Waals surface area contributed by atoms with Gasteiger partial charge in [-0.25, -0.2) is 0 Å². The van der Waals surface area contributed by atoms with E-state index in [1.54, 1.807) is 12.1 Å². The Hall–Kier alpha value is -7.11. The number of nitro benzene ring substituents is 1. The lowest BCUT2D eigenvalue weighted by atomic mass is 9.67. The first-order valence-electron chi connectivity index (χ1n) is 17.8. The summed E-state index contributed by atoms with van der Waals surface area (Å²) in [5, 5.41) is 11.6. The van der Waals surface area contributed by atoms with Gasteiger partial charge in [-0.05, 0) is 67.3 Å². The van der Waals surface area contributed by atoms with Crippen LogP contribution in [-0.2, 0) is 5.41 Å². The Labute approximate surface area is 312 Å². The van der Waals surface area contributed by atoms with Gasteiger partial charge in [0.25, 0.3) is 0 Å². The van der Waals surface area contributed by atoms with Gasteiger partial charge in [-0.15, -0.1) is 0 Å². The molecule has 0 aromatic heterocycles. The predicted octanol–water partition coefficient (Wildman–Crippen LogP) is 12.3. The van der Waals surface area contributed by atoms with Gasteiger partial charge in [0.1, 0.15) is 0 Å². The van der Waals surface area contributed by atoms with Gasteiger partial charge in [0.2, 0.25) is 5.82 Å². The number of rotatable bonds is 7. The summed E-state index contributed by atoms with van der Waals surface area (Å²) in [5.74, 6) is -0.866. The number of benzene rings is 8. The van der Waals surface area contributed by atoms with Gasteiger partial charge in [0, 0.05) is 28.4 Å². The Morgan fingerprint density at radius 2 is 0.870 bits per heavy atom. The zero-order valence-corrected chi connectivity index (χ0v) is 29.1. The summed E-state index contributed by atoms with van der Waals surface area (Å²) in [6.45, 7) is 0. The summed E-state index contributed by atoms with van der Waals surface area (Å²) in [5.41, 5.74) is 19.8. The normalized spacial score (nSPS) is 12.5. The second-order valence-electron chi connectivity index (χ2n) is 13.5. The van der Waals surface area contributed by atoms with Crippen molar-refractivity contribution >= 4 is 11.4 Å². The van der Waals surface area contributed by atoms with Gasteiger partial charge in [-0.3, -0.25) is 10.1 Å². The minimum atomic E-state index is -0.866. The molecule has 1 aliphatic rings. The fourth-order valence-corrected chi connectivity index (χ4v) is 8.46. The molecule has 0 fully saturated rings. The highest BCUT2D eigenvalue weighted by molar-refractivity contribution is 5.98. The van der Waals surface area contributed by atoms with Crippen molar-refractivity contribution in [3.8, 4) is 55.6 Å². The minimum Gasteiger partial charge on any atom is -0.398 e. The van der Waals surface area contributed by atoms with Gasteiger partial charge in [-0.2, -0.15) is 4.39 Å². The first kappa shape index (κ1) is 32.8. The monoisotopic (exact) mass is 700 g/mol. The lowest BCUT2D eigenvalue weighted by molar-refractivity contribution is -0.387. The molecule has 258 valence electrons. The number of nitrogens with zero attached hydrogens (tertiary/aromatic N) is 1. The van der Waals surface area contributed by atoms with Crippen LogP contribution in [0.2, 0.25) is 0 Å². The van der Waals surface area contributed by atoms with Gasteiger partial charge >= 0.3 is 5.69 Å². The Morgan fingerprint density at radius 3 is 1.48 bits per heavy atom.